The topological polar surface area (TPSA) is 72.5 Å². The van der Waals surface area contributed by atoms with Crippen LogP contribution in [0.4, 0.5) is 0 Å². The van der Waals surface area contributed by atoms with Gasteiger partial charge in [0.15, 0.2) is 0 Å². The maximum absolute atomic E-state index is 11.7. The maximum atomic E-state index is 11.7. The zero-order valence-electron chi connectivity index (χ0n) is 18.5. The predicted molar refractivity (Wildman–Crippen MR) is 118 cm³/mol. The molecule has 1 fully saturated rings. The Bertz CT molecular complexity index is 835. The molecule has 32 heavy (non-hydrogen) atoms. The molecular weight excluding hydrogens is 412 g/mol. The molecule has 3 atom stereocenters. The van der Waals surface area contributed by atoms with Crippen molar-refractivity contribution in [1.82, 2.24) is 0 Å². The molecule has 1 aliphatic rings. The number of esters is 1. The highest BCUT2D eigenvalue weighted by molar-refractivity contribution is 5.71. The van der Waals surface area contributed by atoms with Crippen molar-refractivity contribution in [2.75, 3.05) is 27.1 Å². The van der Waals surface area contributed by atoms with E-state index in [9.17, 15) is 4.79 Å². The normalized spacial score (nSPS) is 19.6. The van der Waals surface area contributed by atoms with Crippen LogP contribution in [0.2, 0.25) is 0 Å². The first-order chi connectivity index (χ1) is 15.7. The van der Waals surface area contributed by atoms with E-state index >= 15 is 0 Å². The lowest BCUT2D eigenvalue weighted by molar-refractivity contribution is -0.201. The number of ether oxygens (including phenoxy) is 6. The first-order valence-electron chi connectivity index (χ1n) is 10.6. The molecule has 2 aromatic carbocycles. The number of carbonyl (C=O) groups excluding carboxylic acids is 1. The minimum atomic E-state index is -0.551. The molecule has 7 heteroatoms. The molecule has 3 rings (SSSR count). The van der Waals surface area contributed by atoms with Crippen molar-refractivity contribution in [3.8, 4) is 5.75 Å². The SMILES string of the molecule is COc1ccc(COC/C=C/[C@@H]2OC(=O)CO[C@H]2[C@H](C)OCOCc2ccccc2)cc1. The molecule has 1 aliphatic heterocycles. The Morgan fingerprint density at radius 1 is 1.03 bits per heavy atom. The number of hydrogen-bond donors (Lipinski definition) is 0. The lowest BCUT2D eigenvalue weighted by atomic mass is 10.1. The second-order valence-corrected chi connectivity index (χ2v) is 7.35. The van der Waals surface area contributed by atoms with Crippen molar-refractivity contribution in [2.24, 2.45) is 0 Å². The minimum absolute atomic E-state index is 0.0957. The highest BCUT2D eigenvalue weighted by atomic mass is 16.7. The number of cyclic esters (lactones) is 1. The van der Waals surface area contributed by atoms with Crippen molar-refractivity contribution < 1.29 is 33.2 Å². The van der Waals surface area contributed by atoms with Crippen LogP contribution in [0.15, 0.2) is 66.7 Å². The third-order valence-corrected chi connectivity index (χ3v) is 4.94. The van der Waals surface area contributed by atoms with Gasteiger partial charge in [0.2, 0.25) is 0 Å². The molecule has 0 N–H and O–H groups in total. The zero-order chi connectivity index (χ0) is 22.6. The van der Waals surface area contributed by atoms with Crippen molar-refractivity contribution in [3.05, 3.63) is 77.9 Å². The third-order valence-electron chi connectivity index (χ3n) is 4.94. The fourth-order valence-electron chi connectivity index (χ4n) is 3.20. The van der Waals surface area contributed by atoms with Crippen LogP contribution in [0.25, 0.3) is 0 Å². The molecule has 0 saturated carbocycles. The van der Waals surface area contributed by atoms with Gasteiger partial charge in [0.1, 0.15) is 31.4 Å². The standard InChI is InChI=1S/C25H30O7/c1-19(31-18-29-16-20-7-4-3-5-8-20)25-23(32-24(26)17-30-25)9-6-14-28-15-21-10-12-22(27-2)13-11-21/h3-13,19,23,25H,14-18H2,1-2H3/b9-6+/t19-,23-,25-/m0/s1. The summed E-state index contributed by atoms with van der Waals surface area (Å²) in [7, 11) is 1.63. The summed E-state index contributed by atoms with van der Waals surface area (Å²) in [6.07, 6.45) is 2.30. The number of carbonyl (C=O) groups is 1. The molecule has 0 unspecified atom stereocenters. The Morgan fingerprint density at radius 2 is 1.75 bits per heavy atom. The third kappa shape index (κ3) is 7.76. The fourth-order valence-corrected chi connectivity index (χ4v) is 3.20. The first kappa shape index (κ1) is 23.9. The summed E-state index contributed by atoms with van der Waals surface area (Å²) in [6.45, 7) is 3.20. The summed E-state index contributed by atoms with van der Waals surface area (Å²) in [4.78, 5) is 11.7. The Hall–Kier alpha value is -2.71. The summed E-state index contributed by atoms with van der Waals surface area (Å²) >= 11 is 0. The van der Waals surface area contributed by atoms with Gasteiger partial charge in [0.05, 0.1) is 33.0 Å². The number of hydrogen-bond acceptors (Lipinski definition) is 7. The van der Waals surface area contributed by atoms with Gasteiger partial charge in [-0.05, 0) is 36.3 Å². The van der Waals surface area contributed by atoms with Crippen LogP contribution < -0.4 is 4.74 Å². The monoisotopic (exact) mass is 442 g/mol. The molecule has 1 heterocycles. The molecule has 0 radical (unpaired) electrons. The van der Waals surface area contributed by atoms with Crippen LogP contribution in [-0.2, 0) is 41.7 Å². The lowest BCUT2D eigenvalue weighted by Gasteiger charge is -2.33. The highest BCUT2D eigenvalue weighted by Gasteiger charge is 2.34. The molecule has 0 amide bonds. The van der Waals surface area contributed by atoms with Crippen LogP contribution in [0.3, 0.4) is 0 Å². The minimum Gasteiger partial charge on any atom is -0.497 e. The average molecular weight is 443 g/mol. The van der Waals surface area contributed by atoms with Gasteiger partial charge in [0, 0.05) is 0 Å². The van der Waals surface area contributed by atoms with E-state index in [2.05, 4.69) is 0 Å². The smallest absolute Gasteiger partial charge is 0.332 e. The summed E-state index contributed by atoms with van der Waals surface area (Å²) in [6, 6.07) is 17.6. The molecule has 0 bridgehead atoms. The van der Waals surface area contributed by atoms with Crippen LogP contribution in [0.1, 0.15) is 18.1 Å². The quantitative estimate of drug-likeness (QED) is 0.215. The van der Waals surface area contributed by atoms with Gasteiger partial charge in [-0.1, -0.05) is 48.5 Å². The molecule has 1 saturated heterocycles. The number of methoxy groups -OCH3 is 1. The van der Waals surface area contributed by atoms with Crippen molar-refractivity contribution in [3.63, 3.8) is 0 Å². The van der Waals surface area contributed by atoms with E-state index in [1.54, 1.807) is 13.2 Å². The summed E-state index contributed by atoms with van der Waals surface area (Å²) in [5, 5.41) is 0. The van der Waals surface area contributed by atoms with Crippen molar-refractivity contribution in [1.29, 1.82) is 0 Å². The van der Waals surface area contributed by atoms with Gasteiger partial charge in [-0.25, -0.2) is 4.79 Å². The van der Waals surface area contributed by atoms with E-state index in [1.165, 1.54) is 0 Å². The Morgan fingerprint density at radius 3 is 2.50 bits per heavy atom. The van der Waals surface area contributed by atoms with Gasteiger partial charge in [-0.3, -0.25) is 0 Å². The first-order valence-corrected chi connectivity index (χ1v) is 10.6. The summed E-state index contributed by atoms with van der Waals surface area (Å²) < 4.78 is 33.3. The second-order valence-electron chi connectivity index (χ2n) is 7.35. The van der Waals surface area contributed by atoms with Crippen molar-refractivity contribution >= 4 is 5.97 Å². The Kier molecular flexibility index (Phi) is 9.71. The fraction of sp³-hybridized carbons (Fsp3) is 0.400. The van der Waals surface area contributed by atoms with Crippen LogP contribution in [-0.4, -0.2) is 51.4 Å². The zero-order valence-corrected chi connectivity index (χ0v) is 18.5. The molecule has 0 aliphatic carbocycles. The Labute approximate surface area is 188 Å². The Balaban J connectivity index is 1.41. The number of rotatable bonds is 12. The largest absolute Gasteiger partial charge is 0.497 e. The summed E-state index contributed by atoms with van der Waals surface area (Å²) in [5.41, 5.74) is 2.11. The lowest BCUT2D eigenvalue weighted by Crippen LogP contribution is -2.47. The molecule has 2 aromatic rings. The highest BCUT2D eigenvalue weighted by Crippen LogP contribution is 2.18. The molecule has 0 aromatic heterocycles. The predicted octanol–water partition coefficient (Wildman–Crippen LogP) is 3.66. The van der Waals surface area contributed by atoms with Gasteiger partial charge in [-0.2, -0.15) is 0 Å². The van der Waals surface area contributed by atoms with Crippen LogP contribution in [0, 0.1) is 0 Å². The molecule has 7 nitrogen and oxygen atoms in total. The van der Waals surface area contributed by atoms with E-state index in [1.807, 2.05) is 67.6 Å². The molecular formula is C25H30O7. The molecule has 0 spiro atoms. The van der Waals surface area contributed by atoms with Gasteiger partial charge < -0.3 is 28.4 Å². The maximum Gasteiger partial charge on any atom is 0.332 e. The van der Waals surface area contributed by atoms with E-state index in [0.717, 1.165) is 16.9 Å². The number of benzene rings is 2. The van der Waals surface area contributed by atoms with E-state index in [-0.39, 0.29) is 19.5 Å². The van der Waals surface area contributed by atoms with Crippen LogP contribution in [0.5, 0.6) is 5.75 Å². The second kappa shape index (κ2) is 13.0. The summed E-state index contributed by atoms with van der Waals surface area (Å²) in [5.74, 6) is 0.406. The van der Waals surface area contributed by atoms with Gasteiger partial charge in [0.25, 0.3) is 0 Å². The molecule has 172 valence electrons. The van der Waals surface area contributed by atoms with Gasteiger partial charge >= 0.3 is 5.97 Å². The average Bonchev–Trinajstić information content (AvgIpc) is 2.82. The van der Waals surface area contributed by atoms with Crippen molar-refractivity contribution in [2.45, 2.75) is 38.4 Å². The van der Waals surface area contributed by atoms with E-state index in [0.29, 0.717) is 19.8 Å². The van der Waals surface area contributed by atoms with E-state index < -0.39 is 18.2 Å². The van der Waals surface area contributed by atoms with Gasteiger partial charge in [-0.15, -0.1) is 0 Å². The van der Waals surface area contributed by atoms with E-state index in [4.69, 9.17) is 28.4 Å². The van der Waals surface area contributed by atoms with Crippen LogP contribution >= 0.6 is 0 Å².